The zero-order chi connectivity index (χ0) is 19.0. The molecular formula is C11H24O9S4. The van der Waals surface area contributed by atoms with Crippen LogP contribution in [0.15, 0.2) is 0 Å². The molecule has 4 atom stereocenters. The van der Waals surface area contributed by atoms with Crippen molar-refractivity contribution in [2.45, 2.75) is 44.0 Å². The molecule has 0 aliphatic rings. The zero-order valence-electron chi connectivity index (χ0n) is 14.0. The Hall–Kier alpha value is 0.0800. The first-order chi connectivity index (χ1) is 10.9. The van der Waals surface area contributed by atoms with Gasteiger partial charge in [-0.25, -0.2) is 4.21 Å². The van der Waals surface area contributed by atoms with Crippen LogP contribution < -0.4 is 0 Å². The summed E-state index contributed by atoms with van der Waals surface area (Å²) in [6, 6.07) is 0. The maximum absolute atomic E-state index is 11.7. The third kappa shape index (κ3) is 10.8. The van der Waals surface area contributed by atoms with E-state index in [0.717, 1.165) is 0 Å². The number of hydrogen-bond acceptors (Lipinski definition) is 9. The molecule has 0 bridgehead atoms. The monoisotopic (exact) mass is 428 g/mol. The minimum absolute atomic E-state index is 0.180. The Labute approximate surface area is 148 Å². The van der Waals surface area contributed by atoms with Gasteiger partial charge in [0.25, 0.3) is 20.2 Å². The van der Waals surface area contributed by atoms with Crippen molar-refractivity contribution >= 4 is 42.1 Å². The molecule has 9 nitrogen and oxygen atoms in total. The van der Waals surface area contributed by atoms with Crippen molar-refractivity contribution in [3.63, 3.8) is 0 Å². The molecule has 24 heavy (non-hydrogen) atoms. The summed E-state index contributed by atoms with van der Waals surface area (Å²) in [4.78, 5) is 0. The second-order valence-electron chi connectivity index (χ2n) is 4.84. The van der Waals surface area contributed by atoms with E-state index in [1.165, 1.54) is 27.2 Å². The topological polar surface area (TPSA) is 130 Å². The Balaban J connectivity index is 4.17. The van der Waals surface area contributed by atoms with Crippen LogP contribution in [0.3, 0.4) is 0 Å². The van der Waals surface area contributed by atoms with Crippen LogP contribution in [0.2, 0.25) is 0 Å². The highest BCUT2D eigenvalue weighted by atomic mass is 32.2. The van der Waals surface area contributed by atoms with Crippen LogP contribution in [0.25, 0.3) is 0 Å². The molecule has 0 saturated carbocycles. The second-order valence-corrected chi connectivity index (χ2v) is 11.4. The molecule has 146 valence electrons. The van der Waals surface area contributed by atoms with E-state index < -0.39 is 53.0 Å². The zero-order valence-corrected chi connectivity index (χ0v) is 17.3. The Morgan fingerprint density at radius 2 is 1.25 bits per heavy atom. The lowest BCUT2D eigenvalue weighted by Gasteiger charge is -2.11. The van der Waals surface area contributed by atoms with Gasteiger partial charge in [-0.2, -0.15) is 16.8 Å². The summed E-state index contributed by atoms with van der Waals surface area (Å²) in [5.74, 6) is -0.617. The van der Waals surface area contributed by atoms with E-state index in [1.54, 1.807) is 0 Å². The fourth-order valence-electron chi connectivity index (χ4n) is 1.47. The third-order valence-corrected chi connectivity index (χ3v) is 7.74. The van der Waals surface area contributed by atoms with Crippen LogP contribution in [0, 0.1) is 0 Å². The van der Waals surface area contributed by atoms with Crippen LogP contribution >= 0.6 is 0 Å². The fraction of sp³-hybridized carbons (Fsp3) is 1.00. The summed E-state index contributed by atoms with van der Waals surface area (Å²) in [5.41, 5.74) is -2.04. The van der Waals surface area contributed by atoms with Gasteiger partial charge in [0.05, 0.1) is 18.6 Å². The Morgan fingerprint density at radius 3 is 1.62 bits per heavy atom. The standard InChI is InChI=1S/C11H24O9S4/c1-10(21(4)12)19-23(14,15)8-6-5-7-9-24(16,17)20-11(2)22(13)18-3/h10-11H,5-9H2,1-4H3. The molecule has 0 fully saturated rings. The number of rotatable bonds is 13. The highest BCUT2D eigenvalue weighted by Crippen LogP contribution is 2.10. The van der Waals surface area contributed by atoms with Gasteiger partial charge in [0.1, 0.15) is 5.44 Å². The lowest BCUT2D eigenvalue weighted by molar-refractivity contribution is 0.283. The molecule has 0 radical (unpaired) electrons. The molecule has 0 amide bonds. The Bertz CT molecular complexity index is 626. The van der Waals surface area contributed by atoms with Gasteiger partial charge >= 0.3 is 0 Å². The van der Waals surface area contributed by atoms with Crippen LogP contribution in [0.1, 0.15) is 33.1 Å². The smallest absolute Gasteiger partial charge is 0.268 e. The Morgan fingerprint density at radius 1 is 0.833 bits per heavy atom. The summed E-state index contributed by atoms with van der Waals surface area (Å²) in [7, 11) is -7.94. The quantitative estimate of drug-likeness (QED) is 0.299. The van der Waals surface area contributed by atoms with Gasteiger partial charge in [-0.1, -0.05) is 6.42 Å². The largest absolute Gasteiger partial charge is 0.292 e. The molecule has 0 aromatic heterocycles. The van der Waals surface area contributed by atoms with Crippen molar-refractivity contribution in [2.24, 2.45) is 0 Å². The van der Waals surface area contributed by atoms with Gasteiger partial charge in [-0.15, -0.1) is 0 Å². The molecular weight excluding hydrogens is 404 g/mol. The minimum atomic E-state index is -3.88. The lowest BCUT2D eigenvalue weighted by atomic mass is 10.3. The lowest BCUT2D eigenvalue weighted by Crippen LogP contribution is -2.23. The van der Waals surface area contributed by atoms with Crippen LogP contribution in [0.4, 0.5) is 0 Å². The second kappa shape index (κ2) is 10.9. The van der Waals surface area contributed by atoms with E-state index in [-0.39, 0.29) is 24.3 Å². The van der Waals surface area contributed by atoms with Crippen molar-refractivity contribution in [1.29, 1.82) is 0 Å². The molecule has 0 heterocycles. The molecule has 0 saturated heterocycles. The van der Waals surface area contributed by atoms with Gasteiger partial charge in [0.2, 0.25) is 0 Å². The molecule has 0 N–H and O–H groups in total. The molecule has 0 aromatic rings. The van der Waals surface area contributed by atoms with Gasteiger partial charge in [0.15, 0.2) is 16.5 Å². The van der Waals surface area contributed by atoms with Crippen molar-refractivity contribution < 1.29 is 37.8 Å². The summed E-state index contributed by atoms with van der Waals surface area (Å²) in [5, 5.41) is 0. The van der Waals surface area contributed by atoms with Crippen molar-refractivity contribution in [3.05, 3.63) is 0 Å². The minimum Gasteiger partial charge on any atom is -0.292 e. The van der Waals surface area contributed by atoms with Crippen LogP contribution in [-0.2, 0) is 54.7 Å². The van der Waals surface area contributed by atoms with E-state index in [4.69, 9.17) is 4.18 Å². The van der Waals surface area contributed by atoms with E-state index in [2.05, 4.69) is 8.37 Å². The average Bonchev–Trinajstić information content (AvgIpc) is 2.44. The van der Waals surface area contributed by atoms with Gasteiger partial charge in [0, 0.05) is 17.1 Å². The van der Waals surface area contributed by atoms with E-state index in [9.17, 15) is 25.3 Å². The molecule has 0 aromatic carbocycles. The maximum Gasteiger partial charge on any atom is 0.268 e. The number of unbranched alkanes of at least 4 members (excludes halogenated alkanes) is 2. The summed E-state index contributed by atoms with van der Waals surface area (Å²) in [6.45, 7) is 2.70. The predicted molar refractivity (Wildman–Crippen MR) is 91.7 cm³/mol. The van der Waals surface area contributed by atoms with Crippen LogP contribution in [-0.4, -0.2) is 61.0 Å². The first-order valence-corrected chi connectivity index (χ1v) is 12.9. The molecule has 4 unspecified atom stereocenters. The molecule has 0 aliphatic carbocycles. The first kappa shape index (κ1) is 24.1. The van der Waals surface area contributed by atoms with Gasteiger partial charge in [-0.3, -0.25) is 16.8 Å². The van der Waals surface area contributed by atoms with E-state index >= 15 is 0 Å². The van der Waals surface area contributed by atoms with Crippen molar-refractivity contribution in [2.75, 3.05) is 24.9 Å². The number of hydrogen-bond donors (Lipinski definition) is 0. The predicted octanol–water partition coefficient (Wildman–Crippen LogP) is 0.230. The molecule has 13 heteroatoms. The van der Waals surface area contributed by atoms with Gasteiger partial charge < -0.3 is 0 Å². The fourth-order valence-corrected chi connectivity index (χ4v) is 5.29. The first-order valence-electron chi connectivity index (χ1n) is 6.99. The summed E-state index contributed by atoms with van der Waals surface area (Å²) < 4.78 is 82.7. The average molecular weight is 429 g/mol. The SMILES string of the molecule is COS(=O)C(C)OS(=O)(=O)CCCCCS(=O)(=O)OC(C)S(C)=O. The maximum atomic E-state index is 11.7. The Kier molecular flexibility index (Phi) is 11.0. The van der Waals surface area contributed by atoms with Crippen molar-refractivity contribution in [3.8, 4) is 0 Å². The highest BCUT2D eigenvalue weighted by Gasteiger charge is 2.21. The van der Waals surface area contributed by atoms with Crippen molar-refractivity contribution in [1.82, 2.24) is 0 Å². The summed E-state index contributed by atoms with van der Waals surface area (Å²) >= 11 is -1.87. The third-order valence-electron chi connectivity index (χ3n) is 2.76. The molecule has 0 spiro atoms. The van der Waals surface area contributed by atoms with Crippen LogP contribution in [0.5, 0.6) is 0 Å². The normalized spacial score (nSPS) is 18.0. The summed E-state index contributed by atoms with van der Waals surface area (Å²) in [6.07, 6.45) is 2.03. The van der Waals surface area contributed by atoms with E-state index in [1.807, 2.05) is 0 Å². The molecule has 0 aliphatic heterocycles. The molecule has 0 rings (SSSR count). The van der Waals surface area contributed by atoms with E-state index in [0.29, 0.717) is 6.42 Å². The van der Waals surface area contributed by atoms with Gasteiger partial charge in [-0.05, 0) is 26.7 Å². The highest BCUT2D eigenvalue weighted by molar-refractivity contribution is 7.89.